The molecule has 2 atom stereocenters. The highest BCUT2D eigenvalue weighted by Crippen LogP contribution is 2.25. The third kappa shape index (κ3) is 5.73. The summed E-state index contributed by atoms with van der Waals surface area (Å²) in [5.41, 5.74) is -0.520. The number of carbonyl (C=O) groups is 2. The largest absolute Gasteiger partial charge is 0.444 e. The number of rotatable bonds is 4. The average molecular weight is 319 g/mol. The molecule has 0 heterocycles. The molecule has 2 amide bonds. The van der Waals surface area contributed by atoms with Crippen LogP contribution < -0.4 is 5.32 Å². The van der Waals surface area contributed by atoms with E-state index in [1.54, 1.807) is 4.90 Å². The predicted octanol–water partition coefficient (Wildman–Crippen LogP) is 2.91. The van der Waals surface area contributed by atoms with Crippen LogP contribution in [0.1, 0.15) is 53.4 Å². The molecule has 1 fully saturated rings. The molecule has 0 aliphatic heterocycles. The molecule has 0 aromatic rings. The van der Waals surface area contributed by atoms with Crippen molar-refractivity contribution in [1.29, 1.82) is 0 Å². The number of hydrogen-bond acceptors (Lipinski definition) is 3. The van der Waals surface area contributed by atoms with Crippen molar-refractivity contribution >= 4 is 23.6 Å². The maximum atomic E-state index is 12.4. The lowest BCUT2D eigenvalue weighted by molar-refractivity contribution is -0.120. The molecule has 0 radical (unpaired) electrons. The lowest BCUT2D eigenvalue weighted by Gasteiger charge is -2.40. The van der Waals surface area contributed by atoms with Gasteiger partial charge in [-0.15, -0.1) is 11.6 Å². The minimum Gasteiger partial charge on any atom is -0.444 e. The van der Waals surface area contributed by atoms with E-state index in [9.17, 15) is 9.59 Å². The number of nitrogens with one attached hydrogen (secondary N) is 1. The van der Waals surface area contributed by atoms with Crippen LogP contribution in [0.25, 0.3) is 0 Å². The molecule has 1 aliphatic rings. The van der Waals surface area contributed by atoms with E-state index in [1.165, 1.54) is 0 Å². The summed E-state index contributed by atoms with van der Waals surface area (Å²) in [4.78, 5) is 25.6. The molecule has 5 nitrogen and oxygen atoms in total. The highest BCUT2D eigenvalue weighted by atomic mass is 35.5. The van der Waals surface area contributed by atoms with Gasteiger partial charge in [-0.3, -0.25) is 4.79 Å². The van der Waals surface area contributed by atoms with Crippen molar-refractivity contribution in [2.24, 2.45) is 0 Å². The molecule has 1 rings (SSSR count). The second-order valence-electron chi connectivity index (χ2n) is 6.43. The Morgan fingerprint density at radius 3 is 2.43 bits per heavy atom. The second kappa shape index (κ2) is 7.87. The molecule has 1 aliphatic carbocycles. The van der Waals surface area contributed by atoms with E-state index < -0.39 is 5.60 Å². The summed E-state index contributed by atoms with van der Waals surface area (Å²) in [6, 6.07) is -0.0664. The van der Waals surface area contributed by atoms with Gasteiger partial charge in [0.05, 0.1) is 6.04 Å². The van der Waals surface area contributed by atoms with Gasteiger partial charge in [-0.05, 0) is 40.5 Å². The van der Waals surface area contributed by atoms with E-state index in [2.05, 4.69) is 5.32 Å². The van der Waals surface area contributed by atoms with Crippen LogP contribution in [0.5, 0.6) is 0 Å². The summed E-state index contributed by atoms with van der Waals surface area (Å²) in [6.45, 7) is 8.05. The molecule has 0 saturated heterocycles. The minimum atomic E-state index is -0.520. The smallest absolute Gasteiger partial charge is 0.410 e. The zero-order valence-corrected chi connectivity index (χ0v) is 14.2. The van der Waals surface area contributed by atoms with Crippen LogP contribution in [-0.2, 0) is 9.53 Å². The molecule has 21 heavy (non-hydrogen) atoms. The Labute approximate surface area is 132 Å². The summed E-state index contributed by atoms with van der Waals surface area (Å²) in [5, 5.41) is 2.93. The fraction of sp³-hybridized carbons (Fsp3) is 0.867. The van der Waals surface area contributed by atoms with Gasteiger partial charge in [0.15, 0.2) is 0 Å². The molecule has 1 N–H and O–H groups in total. The fourth-order valence-electron chi connectivity index (χ4n) is 2.72. The number of alkyl halides is 1. The minimum absolute atomic E-state index is 0.0224. The quantitative estimate of drug-likeness (QED) is 0.811. The van der Waals surface area contributed by atoms with E-state index in [4.69, 9.17) is 16.3 Å². The van der Waals surface area contributed by atoms with Gasteiger partial charge in [0.25, 0.3) is 0 Å². The lowest BCUT2D eigenvalue weighted by atomic mass is 9.89. The van der Waals surface area contributed by atoms with Gasteiger partial charge in [0.2, 0.25) is 5.91 Å². The fourth-order valence-corrected chi connectivity index (χ4v) is 2.79. The van der Waals surface area contributed by atoms with Crippen LogP contribution in [0.2, 0.25) is 0 Å². The van der Waals surface area contributed by atoms with Crippen LogP contribution in [0.15, 0.2) is 0 Å². The number of carbonyl (C=O) groups excluding carboxylic acids is 2. The summed E-state index contributed by atoms with van der Waals surface area (Å²) in [6.07, 6.45) is 3.53. The first-order valence-electron chi connectivity index (χ1n) is 7.63. The van der Waals surface area contributed by atoms with Crippen LogP contribution >= 0.6 is 11.6 Å². The third-order valence-electron chi connectivity index (χ3n) is 3.57. The van der Waals surface area contributed by atoms with Crippen molar-refractivity contribution in [1.82, 2.24) is 10.2 Å². The molecule has 0 aromatic carbocycles. The summed E-state index contributed by atoms with van der Waals surface area (Å²) in [7, 11) is 0. The number of halogens is 1. The van der Waals surface area contributed by atoms with Gasteiger partial charge >= 0.3 is 6.09 Å². The van der Waals surface area contributed by atoms with Gasteiger partial charge in [-0.25, -0.2) is 4.79 Å². The molecular weight excluding hydrogens is 292 g/mol. The Bertz CT molecular complexity index is 368. The number of amides is 2. The van der Waals surface area contributed by atoms with Crippen molar-refractivity contribution < 1.29 is 14.3 Å². The van der Waals surface area contributed by atoms with Crippen molar-refractivity contribution in [2.45, 2.75) is 71.1 Å². The lowest BCUT2D eigenvalue weighted by Crippen LogP contribution is -2.56. The monoisotopic (exact) mass is 318 g/mol. The van der Waals surface area contributed by atoms with Gasteiger partial charge in [-0.2, -0.15) is 0 Å². The van der Waals surface area contributed by atoms with Gasteiger partial charge in [-0.1, -0.05) is 12.8 Å². The molecule has 0 unspecified atom stereocenters. The Hall–Kier alpha value is -0.970. The number of likely N-dealkylation sites (N-methyl/N-ethyl adjacent to an activating group) is 1. The molecule has 0 aromatic heterocycles. The predicted molar refractivity (Wildman–Crippen MR) is 83.5 cm³/mol. The normalized spacial score (nSPS) is 22.5. The van der Waals surface area contributed by atoms with Crippen LogP contribution in [0, 0.1) is 0 Å². The highest BCUT2D eigenvalue weighted by molar-refractivity contribution is 6.27. The summed E-state index contributed by atoms with van der Waals surface area (Å²) in [5.74, 6) is -0.240. The topological polar surface area (TPSA) is 58.6 Å². The van der Waals surface area contributed by atoms with Crippen molar-refractivity contribution in [2.75, 3.05) is 12.4 Å². The van der Waals surface area contributed by atoms with Crippen LogP contribution in [0.3, 0.4) is 0 Å². The average Bonchev–Trinajstić information content (AvgIpc) is 2.39. The standard InChI is InChI=1S/C15H27ClN2O3/c1-5-18(14(20)21-15(2,3)4)12-9-7-6-8-11(12)17-13(19)10-16/h11-12H,5-10H2,1-4H3,(H,17,19)/t11-,12+/m1/s1. The van der Waals surface area contributed by atoms with Crippen molar-refractivity contribution in [3.05, 3.63) is 0 Å². The van der Waals surface area contributed by atoms with Crippen LogP contribution in [-0.4, -0.2) is 47.0 Å². The second-order valence-corrected chi connectivity index (χ2v) is 6.69. The first-order chi connectivity index (χ1) is 9.78. The number of hydrogen-bond donors (Lipinski definition) is 1. The Kier molecular flexibility index (Phi) is 6.78. The maximum Gasteiger partial charge on any atom is 0.410 e. The maximum absolute atomic E-state index is 12.4. The van der Waals surface area contributed by atoms with Gasteiger partial charge in [0.1, 0.15) is 11.5 Å². The zero-order chi connectivity index (χ0) is 16.0. The van der Waals surface area contributed by atoms with Crippen LogP contribution in [0.4, 0.5) is 4.79 Å². The SMILES string of the molecule is CCN(C(=O)OC(C)(C)C)[C@H]1CCCC[C@H]1NC(=O)CCl. The molecule has 122 valence electrons. The molecule has 1 saturated carbocycles. The van der Waals surface area contributed by atoms with E-state index >= 15 is 0 Å². The Balaban J connectivity index is 2.79. The summed E-state index contributed by atoms with van der Waals surface area (Å²) < 4.78 is 5.47. The van der Waals surface area contributed by atoms with E-state index in [1.807, 2.05) is 27.7 Å². The molecule has 6 heteroatoms. The zero-order valence-electron chi connectivity index (χ0n) is 13.4. The molecular formula is C15H27ClN2O3. The van der Waals surface area contributed by atoms with Crippen molar-refractivity contribution in [3.63, 3.8) is 0 Å². The number of ether oxygens (including phenoxy) is 1. The third-order valence-corrected chi connectivity index (χ3v) is 3.81. The Morgan fingerprint density at radius 1 is 1.29 bits per heavy atom. The first-order valence-corrected chi connectivity index (χ1v) is 8.17. The molecule has 0 spiro atoms. The number of nitrogens with zero attached hydrogens (tertiary/aromatic N) is 1. The van der Waals surface area contributed by atoms with Gasteiger partial charge < -0.3 is 15.0 Å². The van der Waals surface area contributed by atoms with E-state index in [-0.39, 0.29) is 30.0 Å². The van der Waals surface area contributed by atoms with Crippen molar-refractivity contribution in [3.8, 4) is 0 Å². The first kappa shape index (κ1) is 18.1. The van der Waals surface area contributed by atoms with Gasteiger partial charge in [0, 0.05) is 12.6 Å². The summed E-state index contributed by atoms with van der Waals surface area (Å²) >= 11 is 5.56. The van der Waals surface area contributed by atoms with E-state index in [0.29, 0.717) is 6.54 Å². The highest BCUT2D eigenvalue weighted by Gasteiger charge is 2.34. The van der Waals surface area contributed by atoms with E-state index in [0.717, 1.165) is 25.7 Å². The molecule has 0 bridgehead atoms. The Morgan fingerprint density at radius 2 is 1.90 bits per heavy atom.